The third-order valence-electron chi connectivity index (χ3n) is 3.39. The van der Waals surface area contributed by atoms with Crippen molar-refractivity contribution in [3.05, 3.63) is 0 Å². The molecule has 0 radical (unpaired) electrons. The fraction of sp³-hybridized carbons (Fsp3) is 0.923. The Labute approximate surface area is 127 Å². The Hall–Kier alpha value is -0.340. The second-order valence-electron chi connectivity index (χ2n) is 5.13. The van der Waals surface area contributed by atoms with Crippen molar-refractivity contribution in [2.24, 2.45) is 11.7 Å². The molecule has 0 bridgehead atoms. The van der Waals surface area contributed by atoms with E-state index in [0.717, 1.165) is 58.1 Å². The Morgan fingerprint density at radius 3 is 2.25 bits per heavy atom. The maximum absolute atomic E-state index is 11.7. The van der Waals surface area contributed by atoms with Gasteiger partial charge in [0.15, 0.2) is 0 Å². The highest BCUT2D eigenvalue weighted by Gasteiger charge is 2.27. The first-order valence-corrected chi connectivity index (χ1v) is 8.12. The summed E-state index contributed by atoms with van der Waals surface area (Å²) in [4.78, 5) is 13.6. The van der Waals surface area contributed by atoms with E-state index in [9.17, 15) is 4.79 Å². The van der Waals surface area contributed by atoms with Gasteiger partial charge in [-0.2, -0.15) is 12.6 Å². The van der Waals surface area contributed by atoms with Crippen molar-refractivity contribution in [3.63, 3.8) is 0 Å². The van der Waals surface area contributed by atoms with Crippen molar-refractivity contribution in [2.75, 3.05) is 64.7 Å². The molecule has 1 atom stereocenters. The topological polar surface area (TPSA) is 82.4 Å². The molecule has 0 aromatic rings. The van der Waals surface area contributed by atoms with E-state index in [1.807, 2.05) is 4.90 Å². The summed E-state index contributed by atoms with van der Waals surface area (Å²) in [6.45, 7) is 7.86. The van der Waals surface area contributed by atoms with Crippen LogP contribution in [0.25, 0.3) is 0 Å². The number of rotatable bonds is 12. The van der Waals surface area contributed by atoms with Gasteiger partial charge in [0, 0.05) is 65.3 Å². The summed E-state index contributed by atoms with van der Waals surface area (Å²) < 4.78 is 0. The molecular weight excluding hydrogens is 274 g/mol. The lowest BCUT2D eigenvalue weighted by atomic mass is 10.1. The van der Waals surface area contributed by atoms with Crippen LogP contribution < -0.4 is 21.7 Å². The van der Waals surface area contributed by atoms with E-state index in [4.69, 9.17) is 5.73 Å². The van der Waals surface area contributed by atoms with Gasteiger partial charge in [0.2, 0.25) is 5.91 Å². The van der Waals surface area contributed by atoms with Crippen LogP contribution in [-0.4, -0.2) is 75.5 Å². The third kappa shape index (κ3) is 7.44. The quantitative estimate of drug-likeness (QED) is 0.224. The van der Waals surface area contributed by atoms with Crippen LogP contribution >= 0.6 is 12.6 Å². The number of hydrogen-bond acceptors (Lipinski definition) is 6. The lowest BCUT2D eigenvalue weighted by Crippen LogP contribution is -2.37. The summed E-state index contributed by atoms with van der Waals surface area (Å²) in [6.07, 6.45) is 0.668. The average molecular weight is 303 g/mol. The molecule has 1 unspecified atom stereocenters. The fourth-order valence-corrected chi connectivity index (χ4v) is 2.48. The number of likely N-dealkylation sites (tertiary alicyclic amines) is 1. The third-order valence-corrected chi connectivity index (χ3v) is 3.91. The molecular formula is C13H29N5OS. The minimum absolute atomic E-state index is 0.273. The number of carbonyl (C=O) groups excluding carboxylic acids is 1. The summed E-state index contributed by atoms with van der Waals surface area (Å²) in [5.74, 6) is 1.51. The Kier molecular flexibility index (Phi) is 10.0. The zero-order valence-electron chi connectivity index (χ0n) is 12.2. The van der Waals surface area contributed by atoms with E-state index in [-0.39, 0.29) is 5.91 Å². The Morgan fingerprint density at radius 2 is 1.70 bits per heavy atom. The highest BCUT2D eigenvalue weighted by Crippen LogP contribution is 2.17. The van der Waals surface area contributed by atoms with Crippen LogP contribution in [0.3, 0.4) is 0 Å². The molecule has 6 nitrogen and oxygen atoms in total. The van der Waals surface area contributed by atoms with Gasteiger partial charge in [0.1, 0.15) is 0 Å². The van der Waals surface area contributed by atoms with E-state index < -0.39 is 0 Å². The largest absolute Gasteiger partial charge is 0.341 e. The summed E-state index contributed by atoms with van der Waals surface area (Å²) in [5.41, 5.74) is 5.38. The molecule has 7 heteroatoms. The molecule has 1 rings (SSSR count). The molecule has 1 fully saturated rings. The highest BCUT2D eigenvalue weighted by molar-refractivity contribution is 7.80. The molecule has 118 valence electrons. The molecule has 0 aliphatic carbocycles. The van der Waals surface area contributed by atoms with Gasteiger partial charge < -0.3 is 26.6 Å². The summed E-state index contributed by atoms with van der Waals surface area (Å²) in [7, 11) is 0. The fourth-order valence-electron chi connectivity index (χ4n) is 2.24. The van der Waals surface area contributed by atoms with E-state index in [0.29, 0.717) is 18.9 Å². The molecule has 1 aliphatic heterocycles. The van der Waals surface area contributed by atoms with Crippen LogP contribution in [-0.2, 0) is 4.79 Å². The maximum Gasteiger partial charge on any atom is 0.222 e. The predicted molar refractivity (Wildman–Crippen MR) is 86.2 cm³/mol. The molecule has 20 heavy (non-hydrogen) atoms. The first-order chi connectivity index (χ1) is 9.77. The molecule has 0 aromatic heterocycles. The molecule has 0 aromatic carbocycles. The minimum atomic E-state index is 0.273. The van der Waals surface area contributed by atoms with Gasteiger partial charge in [-0.05, 0) is 11.7 Å². The number of hydrogen-bond donors (Lipinski definition) is 5. The molecule has 1 heterocycles. The molecule has 1 saturated heterocycles. The van der Waals surface area contributed by atoms with Gasteiger partial charge in [-0.3, -0.25) is 4.79 Å². The second kappa shape index (κ2) is 11.3. The molecule has 0 spiro atoms. The Balaban J connectivity index is 1.86. The normalized spacial score (nSPS) is 19.0. The second-order valence-corrected chi connectivity index (χ2v) is 5.50. The first-order valence-electron chi connectivity index (χ1n) is 7.48. The maximum atomic E-state index is 11.7. The highest BCUT2D eigenvalue weighted by atomic mass is 32.1. The summed E-state index contributed by atoms with van der Waals surface area (Å²) in [5, 5.41) is 9.92. The van der Waals surface area contributed by atoms with Crippen molar-refractivity contribution in [3.8, 4) is 0 Å². The number of thiol groups is 1. The average Bonchev–Trinajstić information content (AvgIpc) is 2.81. The van der Waals surface area contributed by atoms with Crippen molar-refractivity contribution < 1.29 is 4.79 Å². The van der Waals surface area contributed by atoms with E-state index in [1.54, 1.807) is 0 Å². The first kappa shape index (κ1) is 17.7. The van der Waals surface area contributed by atoms with Gasteiger partial charge in [0.25, 0.3) is 0 Å². The zero-order valence-corrected chi connectivity index (χ0v) is 13.1. The van der Waals surface area contributed by atoms with Crippen LogP contribution in [0.15, 0.2) is 0 Å². The van der Waals surface area contributed by atoms with Gasteiger partial charge in [-0.25, -0.2) is 0 Å². The summed E-state index contributed by atoms with van der Waals surface area (Å²) in [6, 6.07) is 0. The van der Waals surface area contributed by atoms with E-state index in [2.05, 4.69) is 28.6 Å². The summed E-state index contributed by atoms with van der Waals surface area (Å²) >= 11 is 4.26. The van der Waals surface area contributed by atoms with Crippen molar-refractivity contribution in [1.29, 1.82) is 0 Å². The van der Waals surface area contributed by atoms with Gasteiger partial charge >= 0.3 is 0 Å². The van der Waals surface area contributed by atoms with Crippen LogP contribution in [0.1, 0.15) is 6.42 Å². The van der Waals surface area contributed by atoms with Crippen molar-refractivity contribution >= 4 is 18.5 Å². The Morgan fingerprint density at radius 1 is 1.10 bits per heavy atom. The van der Waals surface area contributed by atoms with Crippen LogP contribution in [0, 0.1) is 5.92 Å². The standard InChI is InChI=1S/C13H29N5OS/c14-1-2-15-3-4-16-5-6-17-7-8-18-10-12(11-20)9-13(18)19/h12,15-17,20H,1-11,14H2. The molecule has 1 aliphatic rings. The number of nitrogens with two attached hydrogens (primary N) is 1. The van der Waals surface area contributed by atoms with Crippen molar-refractivity contribution in [2.45, 2.75) is 6.42 Å². The van der Waals surface area contributed by atoms with Crippen molar-refractivity contribution in [1.82, 2.24) is 20.9 Å². The van der Waals surface area contributed by atoms with E-state index in [1.165, 1.54) is 0 Å². The molecule has 1 amide bonds. The SMILES string of the molecule is NCCNCCNCCNCCN1CC(CS)CC1=O. The molecule has 5 N–H and O–H groups in total. The van der Waals surface area contributed by atoms with Gasteiger partial charge in [-0.1, -0.05) is 0 Å². The zero-order chi connectivity index (χ0) is 14.6. The Bertz CT molecular complexity index is 267. The van der Waals surface area contributed by atoms with Crippen LogP contribution in [0.4, 0.5) is 0 Å². The van der Waals surface area contributed by atoms with Crippen LogP contribution in [0.2, 0.25) is 0 Å². The molecule has 0 saturated carbocycles. The van der Waals surface area contributed by atoms with Gasteiger partial charge in [-0.15, -0.1) is 0 Å². The number of nitrogens with one attached hydrogen (secondary N) is 3. The van der Waals surface area contributed by atoms with Gasteiger partial charge in [0.05, 0.1) is 0 Å². The lowest BCUT2D eigenvalue weighted by molar-refractivity contribution is -0.127. The minimum Gasteiger partial charge on any atom is -0.341 e. The lowest BCUT2D eigenvalue weighted by Gasteiger charge is -2.16. The smallest absolute Gasteiger partial charge is 0.222 e. The number of amides is 1. The number of carbonyl (C=O) groups is 1. The van der Waals surface area contributed by atoms with Crippen LogP contribution in [0.5, 0.6) is 0 Å². The number of nitrogens with zero attached hydrogens (tertiary/aromatic N) is 1. The van der Waals surface area contributed by atoms with E-state index >= 15 is 0 Å². The predicted octanol–water partition coefficient (Wildman–Crippen LogP) is -1.51. The monoisotopic (exact) mass is 303 g/mol.